The first kappa shape index (κ1) is 13.4. The lowest BCUT2D eigenvalue weighted by Crippen LogP contribution is -2.23. The highest BCUT2D eigenvalue weighted by molar-refractivity contribution is 9.10. The second-order valence-electron chi connectivity index (χ2n) is 4.44. The minimum absolute atomic E-state index is 0.520. The van der Waals surface area contributed by atoms with Crippen molar-refractivity contribution in [3.05, 3.63) is 29.1 Å². The van der Waals surface area contributed by atoms with Crippen LogP contribution in [-0.2, 0) is 6.42 Å². The van der Waals surface area contributed by atoms with Gasteiger partial charge >= 0.3 is 0 Å². The summed E-state index contributed by atoms with van der Waals surface area (Å²) in [6, 6.07) is 2.38. The van der Waals surface area contributed by atoms with E-state index in [9.17, 15) is 0 Å². The summed E-state index contributed by atoms with van der Waals surface area (Å²) < 4.78 is 11.5. The van der Waals surface area contributed by atoms with Crippen molar-refractivity contribution in [3.63, 3.8) is 0 Å². The molecule has 0 aliphatic heterocycles. The maximum Gasteiger partial charge on any atom is 0.194 e. The second-order valence-corrected chi connectivity index (χ2v) is 5.16. The van der Waals surface area contributed by atoms with Gasteiger partial charge in [0.2, 0.25) is 0 Å². The number of furan rings is 1. The van der Waals surface area contributed by atoms with Gasteiger partial charge in [-0.1, -0.05) is 13.8 Å². The summed E-state index contributed by atoms with van der Waals surface area (Å²) in [5, 5.41) is 3.37. The molecule has 0 aliphatic carbocycles. The number of oxazole rings is 1. The highest BCUT2D eigenvalue weighted by Gasteiger charge is 2.11. The number of nitrogens with one attached hydrogen (secondary N) is 1. The van der Waals surface area contributed by atoms with E-state index in [0.29, 0.717) is 10.7 Å². The Labute approximate surface area is 115 Å². The van der Waals surface area contributed by atoms with Crippen molar-refractivity contribution >= 4 is 15.9 Å². The zero-order valence-electron chi connectivity index (χ0n) is 10.6. The number of halogens is 1. The van der Waals surface area contributed by atoms with Crippen molar-refractivity contribution in [2.75, 3.05) is 6.54 Å². The summed E-state index contributed by atoms with van der Waals surface area (Å²) in [6.07, 6.45) is 5.22. The highest BCUT2D eigenvalue weighted by Crippen LogP contribution is 2.29. The van der Waals surface area contributed by atoms with Gasteiger partial charge in [-0.25, -0.2) is 4.98 Å². The summed E-state index contributed by atoms with van der Waals surface area (Å²) in [5.41, 5.74) is 0.897. The van der Waals surface area contributed by atoms with E-state index in [1.807, 2.05) is 6.07 Å². The first-order valence-electron chi connectivity index (χ1n) is 6.08. The van der Waals surface area contributed by atoms with Gasteiger partial charge in [-0.05, 0) is 35.0 Å². The molecule has 5 heteroatoms. The topological polar surface area (TPSA) is 51.2 Å². The van der Waals surface area contributed by atoms with Crippen LogP contribution < -0.4 is 5.32 Å². The fourth-order valence-corrected chi connectivity index (χ4v) is 2.09. The average Bonchev–Trinajstić information content (AvgIpc) is 2.92. The Kier molecular flexibility index (Phi) is 4.60. The summed E-state index contributed by atoms with van der Waals surface area (Å²) in [4.78, 5) is 4.27. The molecular weight excluding hydrogens is 296 g/mol. The Bertz CT molecular complexity index is 491. The van der Waals surface area contributed by atoms with Gasteiger partial charge in [0.15, 0.2) is 16.3 Å². The van der Waals surface area contributed by atoms with Crippen molar-refractivity contribution < 1.29 is 8.83 Å². The van der Waals surface area contributed by atoms with Crippen LogP contribution in [0.2, 0.25) is 0 Å². The molecule has 0 aliphatic rings. The van der Waals surface area contributed by atoms with Crippen LogP contribution in [0.15, 0.2) is 32.0 Å². The minimum Gasteiger partial charge on any atom is -0.457 e. The molecule has 2 aromatic heterocycles. The molecule has 4 nitrogen and oxygen atoms in total. The largest absolute Gasteiger partial charge is 0.457 e. The molecule has 2 rings (SSSR count). The van der Waals surface area contributed by atoms with Gasteiger partial charge < -0.3 is 14.2 Å². The third-order valence-corrected chi connectivity index (χ3v) is 3.17. The third-order valence-electron chi connectivity index (χ3n) is 2.56. The van der Waals surface area contributed by atoms with Crippen LogP contribution >= 0.6 is 15.9 Å². The predicted octanol–water partition coefficient (Wildman–Crippen LogP) is 3.63. The summed E-state index contributed by atoms with van der Waals surface area (Å²) in [6.45, 7) is 5.25. The summed E-state index contributed by atoms with van der Waals surface area (Å²) >= 11 is 3.33. The molecule has 0 saturated carbocycles. The molecule has 0 bridgehead atoms. The first-order chi connectivity index (χ1) is 8.66. The van der Waals surface area contributed by atoms with E-state index in [1.165, 1.54) is 0 Å². The van der Waals surface area contributed by atoms with E-state index < -0.39 is 0 Å². The normalized spacial score (nSPS) is 11.3. The summed E-state index contributed by atoms with van der Waals surface area (Å²) in [5.74, 6) is 1.51. The van der Waals surface area contributed by atoms with E-state index in [2.05, 4.69) is 40.1 Å². The lowest BCUT2D eigenvalue weighted by atomic mass is 10.3. The monoisotopic (exact) mass is 312 g/mol. The van der Waals surface area contributed by atoms with Gasteiger partial charge in [0.1, 0.15) is 0 Å². The number of hydrogen-bond acceptors (Lipinski definition) is 4. The Morgan fingerprint density at radius 2 is 2.28 bits per heavy atom. The fourth-order valence-electron chi connectivity index (χ4n) is 1.65. The van der Waals surface area contributed by atoms with Crippen molar-refractivity contribution in [2.45, 2.75) is 32.7 Å². The van der Waals surface area contributed by atoms with Crippen LogP contribution in [0.3, 0.4) is 0 Å². The molecule has 0 atom stereocenters. The van der Waals surface area contributed by atoms with E-state index in [-0.39, 0.29) is 0 Å². The van der Waals surface area contributed by atoms with Crippen molar-refractivity contribution in [3.8, 4) is 11.3 Å². The lowest BCUT2D eigenvalue weighted by molar-refractivity contribution is 0.482. The molecule has 0 radical (unpaired) electrons. The molecule has 0 spiro atoms. The number of nitrogens with zero attached hydrogens (tertiary/aromatic N) is 1. The van der Waals surface area contributed by atoms with Gasteiger partial charge in [0, 0.05) is 12.5 Å². The Balaban J connectivity index is 1.89. The molecule has 0 unspecified atom stereocenters. The quantitative estimate of drug-likeness (QED) is 0.828. The molecule has 0 saturated heterocycles. The zero-order chi connectivity index (χ0) is 13.0. The Morgan fingerprint density at radius 3 is 2.94 bits per heavy atom. The maximum atomic E-state index is 5.69. The van der Waals surface area contributed by atoms with Gasteiger partial charge in [-0.3, -0.25) is 0 Å². The SMILES string of the molecule is CC(C)NCCCc1ncc(-c2ccoc2Br)o1. The number of aryl methyl sites for hydroxylation is 1. The number of hydrogen-bond donors (Lipinski definition) is 1. The predicted molar refractivity (Wildman–Crippen MR) is 73.4 cm³/mol. The molecule has 2 aromatic rings. The molecule has 1 N–H and O–H groups in total. The van der Waals surface area contributed by atoms with Crippen molar-refractivity contribution in [1.29, 1.82) is 0 Å². The smallest absolute Gasteiger partial charge is 0.194 e. The van der Waals surface area contributed by atoms with E-state index in [4.69, 9.17) is 8.83 Å². The van der Waals surface area contributed by atoms with Crippen LogP contribution in [0.5, 0.6) is 0 Å². The van der Waals surface area contributed by atoms with Crippen molar-refractivity contribution in [2.24, 2.45) is 0 Å². The van der Waals surface area contributed by atoms with Crippen LogP contribution in [0.1, 0.15) is 26.2 Å². The van der Waals surface area contributed by atoms with E-state index in [0.717, 1.165) is 36.6 Å². The van der Waals surface area contributed by atoms with Gasteiger partial charge in [0.25, 0.3) is 0 Å². The molecule has 2 heterocycles. The minimum atomic E-state index is 0.520. The van der Waals surface area contributed by atoms with E-state index >= 15 is 0 Å². The zero-order valence-corrected chi connectivity index (χ0v) is 12.2. The summed E-state index contributed by atoms with van der Waals surface area (Å²) in [7, 11) is 0. The molecule has 0 aromatic carbocycles. The Hall–Kier alpha value is -1.07. The van der Waals surface area contributed by atoms with Crippen LogP contribution in [0, 0.1) is 0 Å². The molecule has 18 heavy (non-hydrogen) atoms. The molecule has 98 valence electrons. The van der Waals surface area contributed by atoms with Gasteiger partial charge in [-0.15, -0.1) is 0 Å². The van der Waals surface area contributed by atoms with E-state index in [1.54, 1.807) is 12.5 Å². The number of rotatable bonds is 6. The lowest BCUT2D eigenvalue weighted by Gasteiger charge is -2.05. The van der Waals surface area contributed by atoms with Crippen LogP contribution in [0.4, 0.5) is 0 Å². The average molecular weight is 313 g/mol. The molecule has 0 fully saturated rings. The highest BCUT2D eigenvalue weighted by atomic mass is 79.9. The maximum absolute atomic E-state index is 5.69. The second kappa shape index (κ2) is 6.20. The standard InChI is InChI=1S/C13H17BrN2O2/c1-9(2)15-6-3-4-12-16-8-11(18-12)10-5-7-17-13(10)14/h5,7-9,15H,3-4,6H2,1-2H3. The molecule has 0 amide bonds. The third kappa shape index (κ3) is 3.46. The van der Waals surface area contributed by atoms with Crippen LogP contribution in [0.25, 0.3) is 11.3 Å². The first-order valence-corrected chi connectivity index (χ1v) is 6.87. The number of aromatic nitrogens is 1. The molecular formula is C13H17BrN2O2. The Morgan fingerprint density at radius 1 is 1.44 bits per heavy atom. The van der Waals surface area contributed by atoms with Crippen molar-refractivity contribution in [1.82, 2.24) is 10.3 Å². The van der Waals surface area contributed by atoms with Crippen LogP contribution in [-0.4, -0.2) is 17.6 Å². The fraction of sp³-hybridized carbons (Fsp3) is 0.462. The van der Waals surface area contributed by atoms with Gasteiger partial charge in [-0.2, -0.15) is 0 Å². The van der Waals surface area contributed by atoms with Gasteiger partial charge in [0.05, 0.1) is 18.0 Å².